The van der Waals surface area contributed by atoms with Crippen LogP contribution in [-0.2, 0) is 26.1 Å². The van der Waals surface area contributed by atoms with Crippen molar-refractivity contribution >= 4 is 17.7 Å². The Morgan fingerprint density at radius 3 is 2.65 bits per heavy atom. The predicted molar refractivity (Wildman–Crippen MR) is 143 cm³/mol. The Hall–Kier alpha value is -3.82. The van der Waals surface area contributed by atoms with Crippen LogP contribution >= 0.6 is 0 Å². The minimum atomic E-state index is -1.11. The van der Waals surface area contributed by atoms with E-state index in [0.29, 0.717) is 37.8 Å². The highest BCUT2D eigenvalue weighted by Gasteiger charge is 2.50. The number of morpholine rings is 1. The van der Waals surface area contributed by atoms with Crippen LogP contribution < -0.4 is 9.64 Å². The van der Waals surface area contributed by atoms with Gasteiger partial charge in [-0.05, 0) is 45.7 Å². The molecule has 1 N–H and O–H groups in total. The molecule has 1 amide bonds. The molecule has 5 heterocycles. The van der Waals surface area contributed by atoms with Crippen LogP contribution in [0.25, 0.3) is 0 Å². The van der Waals surface area contributed by atoms with Gasteiger partial charge in [-0.2, -0.15) is 5.10 Å². The van der Waals surface area contributed by atoms with Crippen molar-refractivity contribution in [2.24, 2.45) is 7.05 Å². The summed E-state index contributed by atoms with van der Waals surface area (Å²) >= 11 is 0. The molecule has 2 aromatic heterocycles. The molecule has 40 heavy (non-hydrogen) atoms. The van der Waals surface area contributed by atoms with Crippen LogP contribution in [-0.4, -0.2) is 99.1 Å². The van der Waals surface area contributed by atoms with Crippen molar-refractivity contribution in [3.05, 3.63) is 35.8 Å². The molecule has 12 nitrogen and oxygen atoms in total. The third-order valence-electron chi connectivity index (χ3n) is 7.39. The maximum Gasteiger partial charge on any atom is 0.411 e. The molecule has 0 radical (unpaired) electrons. The average Bonchev–Trinajstić information content (AvgIpc) is 3.48. The summed E-state index contributed by atoms with van der Waals surface area (Å²) in [6, 6.07) is 2.66. The van der Waals surface area contributed by atoms with E-state index in [1.54, 1.807) is 37.8 Å². The van der Waals surface area contributed by atoms with E-state index in [4.69, 9.17) is 18.9 Å². The zero-order valence-electron chi connectivity index (χ0n) is 23.4. The predicted octanol–water partition coefficient (Wildman–Crippen LogP) is 2.05. The first-order chi connectivity index (χ1) is 19.0. The molecule has 2 aromatic rings. The molecule has 0 unspecified atom stereocenters. The number of amides is 1. The molecule has 3 fully saturated rings. The van der Waals surface area contributed by atoms with Gasteiger partial charge >= 0.3 is 12.1 Å². The van der Waals surface area contributed by atoms with E-state index in [2.05, 4.69) is 33.7 Å². The first-order valence-electron chi connectivity index (χ1n) is 13.3. The number of carboxylic acid groups (broad SMARTS) is 1. The third kappa shape index (κ3) is 5.57. The number of aromatic nitrogens is 3. The van der Waals surface area contributed by atoms with Crippen molar-refractivity contribution in [3.63, 3.8) is 0 Å². The van der Waals surface area contributed by atoms with E-state index < -0.39 is 35.4 Å². The van der Waals surface area contributed by atoms with Crippen LogP contribution in [0.3, 0.4) is 0 Å². The molecule has 1 spiro atoms. The fourth-order valence-electron chi connectivity index (χ4n) is 5.14. The standard InChI is InChI=1S/C28H35N5O7/c1-18-28(16-37-17-28)38-11-10-32(18)22-12-19(6-7-20-8-9-30-31(20)5)14-29-24(22)39-21-13-23(25(34)35)33(15-21)26(36)40-27(2,3)4/h8-9,12,14,18,21,23H,10-11,13,15-17H2,1-5H3,(H,34,35)/t18-,21-,23-/m0/s1. The highest BCUT2D eigenvalue weighted by Crippen LogP contribution is 2.39. The molecule has 12 heteroatoms. The summed E-state index contributed by atoms with van der Waals surface area (Å²) in [7, 11) is 1.83. The third-order valence-corrected chi connectivity index (χ3v) is 7.39. The molecule has 3 atom stereocenters. The van der Waals surface area contributed by atoms with Crippen molar-refractivity contribution in [3.8, 4) is 17.7 Å². The molecule has 3 aliphatic rings. The second-order valence-electron chi connectivity index (χ2n) is 11.4. The summed E-state index contributed by atoms with van der Waals surface area (Å²) in [5.41, 5.74) is 1.00. The monoisotopic (exact) mass is 553 g/mol. The van der Waals surface area contributed by atoms with Gasteiger partial charge in [0.2, 0.25) is 5.88 Å². The SMILES string of the molecule is C[C@@H]1N(c2cc(C#Cc3ccnn3C)cnc2O[C@H]2C[C@@H](C(=O)O)N(C(=O)OC(C)(C)C)C2)CCOC12COC2. The molecular weight excluding hydrogens is 518 g/mol. The van der Waals surface area contributed by atoms with Crippen molar-refractivity contribution in [1.82, 2.24) is 19.7 Å². The summed E-state index contributed by atoms with van der Waals surface area (Å²) in [4.78, 5) is 32.8. The number of carboxylic acids is 1. The van der Waals surface area contributed by atoms with Crippen LogP contribution in [0.2, 0.25) is 0 Å². The quantitative estimate of drug-likeness (QED) is 0.562. The fourth-order valence-corrected chi connectivity index (χ4v) is 5.14. The van der Waals surface area contributed by atoms with E-state index in [1.165, 1.54) is 4.90 Å². The Balaban J connectivity index is 1.44. The zero-order chi connectivity index (χ0) is 28.7. The second kappa shape index (κ2) is 10.6. The summed E-state index contributed by atoms with van der Waals surface area (Å²) in [6.45, 7) is 9.48. The Labute approximate surface area is 233 Å². The molecule has 3 aliphatic heterocycles. The zero-order valence-corrected chi connectivity index (χ0v) is 23.4. The van der Waals surface area contributed by atoms with E-state index >= 15 is 0 Å². The van der Waals surface area contributed by atoms with Gasteiger partial charge in [0.1, 0.15) is 34.7 Å². The minimum Gasteiger partial charge on any atom is -0.480 e. The van der Waals surface area contributed by atoms with E-state index in [-0.39, 0.29) is 19.0 Å². The van der Waals surface area contributed by atoms with Gasteiger partial charge in [0.15, 0.2) is 0 Å². The first kappa shape index (κ1) is 27.7. The van der Waals surface area contributed by atoms with Crippen molar-refractivity contribution in [1.29, 1.82) is 0 Å². The van der Waals surface area contributed by atoms with Crippen molar-refractivity contribution < 1.29 is 33.6 Å². The lowest BCUT2D eigenvalue weighted by Gasteiger charge is -2.53. The van der Waals surface area contributed by atoms with Crippen LogP contribution in [0.4, 0.5) is 10.5 Å². The molecule has 0 aromatic carbocycles. The normalized spacial score (nSPS) is 23.8. The second-order valence-corrected chi connectivity index (χ2v) is 11.4. The van der Waals surface area contributed by atoms with Crippen molar-refractivity contribution in [2.75, 3.05) is 37.8 Å². The molecule has 5 rings (SSSR count). The van der Waals surface area contributed by atoms with Gasteiger partial charge in [0, 0.05) is 31.8 Å². The number of hydrogen-bond donors (Lipinski definition) is 1. The summed E-state index contributed by atoms with van der Waals surface area (Å²) in [5.74, 6) is 5.51. The number of aryl methyl sites for hydroxylation is 1. The maximum absolute atomic E-state index is 12.8. The number of aliphatic carboxylic acids is 1. The Morgan fingerprint density at radius 1 is 1.25 bits per heavy atom. The Bertz CT molecular complexity index is 1340. The Morgan fingerprint density at radius 2 is 2.02 bits per heavy atom. The number of ether oxygens (including phenoxy) is 4. The Kier molecular flexibility index (Phi) is 7.37. The number of carbonyl (C=O) groups is 2. The molecule has 214 valence electrons. The number of pyridine rings is 1. The molecular formula is C28H35N5O7. The lowest BCUT2D eigenvalue weighted by atomic mass is 9.90. The smallest absolute Gasteiger partial charge is 0.411 e. The molecule has 0 bridgehead atoms. The van der Waals surface area contributed by atoms with Gasteiger partial charge < -0.3 is 29.0 Å². The lowest BCUT2D eigenvalue weighted by Crippen LogP contribution is -2.68. The summed E-state index contributed by atoms with van der Waals surface area (Å²) < 4.78 is 25.1. The van der Waals surface area contributed by atoms with Gasteiger partial charge in [-0.15, -0.1) is 0 Å². The number of rotatable bonds is 4. The van der Waals surface area contributed by atoms with Crippen LogP contribution in [0.5, 0.6) is 5.88 Å². The highest BCUT2D eigenvalue weighted by atomic mass is 16.6. The highest BCUT2D eigenvalue weighted by molar-refractivity contribution is 5.81. The molecule has 3 saturated heterocycles. The largest absolute Gasteiger partial charge is 0.480 e. The number of anilines is 1. The number of nitrogens with zero attached hydrogens (tertiary/aromatic N) is 5. The minimum absolute atomic E-state index is 0.0342. The van der Waals surface area contributed by atoms with Gasteiger partial charge in [-0.25, -0.2) is 14.6 Å². The van der Waals surface area contributed by atoms with E-state index in [1.807, 2.05) is 19.2 Å². The number of hydrogen-bond acceptors (Lipinski definition) is 9. The number of carbonyl (C=O) groups excluding carboxylic acids is 1. The summed E-state index contributed by atoms with van der Waals surface area (Å²) in [5, 5.41) is 14.0. The molecule has 0 saturated carbocycles. The number of likely N-dealkylation sites (tertiary alicyclic amines) is 1. The van der Waals surface area contributed by atoms with Gasteiger partial charge in [0.25, 0.3) is 0 Å². The van der Waals surface area contributed by atoms with Gasteiger partial charge in [-0.1, -0.05) is 5.92 Å². The molecule has 0 aliphatic carbocycles. The van der Waals surface area contributed by atoms with E-state index in [9.17, 15) is 14.7 Å². The van der Waals surface area contributed by atoms with Gasteiger partial charge in [0.05, 0.1) is 38.6 Å². The lowest BCUT2D eigenvalue weighted by molar-refractivity contribution is -0.228. The van der Waals surface area contributed by atoms with Gasteiger partial charge in [-0.3, -0.25) is 9.58 Å². The average molecular weight is 554 g/mol. The van der Waals surface area contributed by atoms with E-state index in [0.717, 1.165) is 11.4 Å². The first-order valence-corrected chi connectivity index (χ1v) is 13.3. The van der Waals surface area contributed by atoms with Crippen LogP contribution in [0, 0.1) is 11.8 Å². The van der Waals surface area contributed by atoms with Crippen LogP contribution in [0.15, 0.2) is 24.5 Å². The summed E-state index contributed by atoms with van der Waals surface area (Å²) in [6.07, 6.45) is 2.14. The topological polar surface area (TPSA) is 128 Å². The fraction of sp³-hybridized carbons (Fsp3) is 0.571. The van der Waals surface area contributed by atoms with Crippen molar-refractivity contribution in [2.45, 2.75) is 63.5 Å². The maximum atomic E-state index is 12.8. The van der Waals surface area contributed by atoms with Crippen LogP contribution in [0.1, 0.15) is 45.4 Å².